The lowest BCUT2D eigenvalue weighted by Crippen LogP contribution is -2.24. The maximum absolute atomic E-state index is 11.9. The average molecular weight is 323 g/mol. The maximum atomic E-state index is 11.9. The van der Waals surface area contributed by atoms with Gasteiger partial charge in [-0.15, -0.1) is 0 Å². The first-order valence-electron chi connectivity index (χ1n) is 8.10. The smallest absolute Gasteiger partial charge is 0.244 e. The van der Waals surface area contributed by atoms with Gasteiger partial charge in [0.2, 0.25) is 5.91 Å². The van der Waals surface area contributed by atoms with Crippen LogP contribution < -0.4 is 5.32 Å². The highest BCUT2D eigenvalue weighted by molar-refractivity contribution is 5.91. The monoisotopic (exact) mass is 323 g/mol. The van der Waals surface area contributed by atoms with Crippen LogP contribution in [0.25, 0.3) is 17.1 Å². The van der Waals surface area contributed by atoms with Gasteiger partial charge in [-0.3, -0.25) is 4.79 Å². The van der Waals surface area contributed by atoms with Crippen molar-refractivity contribution in [2.75, 3.05) is 6.54 Å². The number of fused-ring (bicyclic) bond motifs is 1. The van der Waals surface area contributed by atoms with Crippen molar-refractivity contribution in [1.29, 1.82) is 0 Å². The molecule has 2 heterocycles. The van der Waals surface area contributed by atoms with E-state index in [2.05, 4.69) is 29.8 Å². The van der Waals surface area contributed by atoms with E-state index in [9.17, 15) is 4.79 Å². The third-order valence-electron chi connectivity index (χ3n) is 3.78. The molecule has 0 aliphatic heterocycles. The second-order valence-corrected chi connectivity index (χ2v) is 5.87. The molecule has 5 nitrogen and oxygen atoms in total. The molecule has 1 N–H and O–H groups in total. The highest BCUT2D eigenvalue weighted by Crippen LogP contribution is 2.20. The lowest BCUT2D eigenvalue weighted by molar-refractivity contribution is -0.116. The Kier molecular flexibility index (Phi) is 4.79. The fourth-order valence-electron chi connectivity index (χ4n) is 2.75. The molecule has 0 radical (unpaired) electrons. The van der Waals surface area contributed by atoms with Gasteiger partial charge in [0.15, 0.2) is 0 Å². The Balaban J connectivity index is 1.63. The minimum absolute atomic E-state index is 0.140. The summed E-state index contributed by atoms with van der Waals surface area (Å²) < 4.78 is 7.38. The molecule has 0 atom stereocenters. The number of para-hydroxylation sites is 2. The highest BCUT2D eigenvalue weighted by atomic mass is 16.3. The van der Waals surface area contributed by atoms with Crippen LogP contribution in [0, 0.1) is 0 Å². The molecule has 0 aliphatic carbocycles. The van der Waals surface area contributed by atoms with Crippen molar-refractivity contribution in [2.45, 2.75) is 26.3 Å². The van der Waals surface area contributed by atoms with Crippen molar-refractivity contribution in [3.05, 3.63) is 60.3 Å². The fourth-order valence-corrected chi connectivity index (χ4v) is 2.75. The number of benzene rings is 1. The van der Waals surface area contributed by atoms with Gasteiger partial charge in [0, 0.05) is 25.1 Å². The molecule has 0 saturated carbocycles. The van der Waals surface area contributed by atoms with E-state index in [-0.39, 0.29) is 5.91 Å². The second kappa shape index (κ2) is 7.17. The van der Waals surface area contributed by atoms with E-state index in [1.54, 1.807) is 24.5 Å². The summed E-state index contributed by atoms with van der Waals surface area (Å²) in [6.45, 7) is 4.82. The molecule has 1 aromatic carbocycles. The number of hydrogen-bond acceptors (Lipinski definition) is 3. The predicted octanol–water partition coefficient (Wildman–Crippen LogP) is 3.58. The molecule has 3 rings (SSSR count). The Morgan fingerprint density at radius 2 is 2.12 bits per heavy atom. The summed E-state index contributed by atoms with van der Waals surface area (Å²) in [5.74, 6) is 1.51. The number of nitrogens with zero attached hydrogens (tertiary/aromatic N) is 2. The molecule has 0 unspecified atom stereocenters. The van der Waals surface area contributed by atoms with Gasteiger partial charge in [0.05, 0.1) is 17.3 Å². The first-order valence-corrected chi connectivity index (χ1v) is 8.10. The van der Waals surface area contributed by atoms with Gasteiger partial charge in [-0.1, -0.05) is 12.1 Å². The first-order chi connectivity index (χ1) is 11.6. The van der Waals surface area contributed by atoms with Crippen molar-refractivity contribution in [2.24, 2.45) is 0 Å². The summed E-state index contributed by atoms with van der Waals surface area (Å²) in [6, 6.07) is 12.0. The normalized spacial score (nSPS) is 11.6. The molecule has 5 heteroatoms. The van der Waals surface area contributed by atoms with E-state index in [0.29, 0.717) is 24.8 Å². The zero-order valence-electron chi connectivity index (χ0n) is 13.9. The largest absolute Gasteiger partial charge is 0.465 e. The number of furan rings is 1. The number of carbonyl (C=O) groups excluding carboxylic acids is 1. The summed E-state index contributed by atoms with van der Waals surface area (Å²) in [7, 11) is 0. The van der Waals surface area contributed by atoms with Crippen LogP contribution in [0.3, 0.4) is 0 Å². The quantitative estimate of drug-likeness (QED) is 0.705. The zero-order valence-corrected chi connectivity index (χ0v) is 13.9. The Labute approximate surface area is 141 Å². The lowest BCUT2D eigenvalue weighted by atomic mass is 10.3. The maximum Gasteiger partial charge on any atom is 0.244 e. The Morgan fingerprint density at radius 3 is 2.88 bits per heavy atom. The van der Waals surface area contributed by atoms with E-state index in [4.69, 9.17) is 9.40 Å². The van der Waals surface area contributed by atoms with Crippen LogP contribution in [-0.4, -0.2) is 22.0 Å². The summed E-state index contributed by atoms with van der Waals surface area (Å²) in [6.07, 6.45) is 5.39. The van der Waals surface area contributed by atoms with Crippen LogP contribution in [0.2, 0.25) is 0 Å². The molecule has 0 fully saturated rings. The number of rotatable bonds is 6. The van der Waals surface area contributed by atoms with E-state index < -0.39 is 0 Å². The second-order valence-electron chi connectivity index (χ2n) is 5.87. The third kappa shape index (κ3) is 3.56. The van der Waals surface area contributed by atoms with Crippen molar-refractivity contribution in [1.82, 2.24) is 14.9 Å². The number of imidazole rings is 1. The molecule has 0 spiro atoms. The van der Waals surface area contributed by atoms with Gasteiger partial charge in [0.1, 0.15) is 11.6 Å². The highest BCUT2D eigenvalue weighted by Gasteiger charge is 2.12. The topological polar surface area (TPSA) is 60.1 Å². The number of carbonyl (C=O) groups is 1. The molecule has 0 bridgehead atoms. The third-order valence-corrected chi connectivity index (χ3v) is 3.78. The minimum Gasteiger partial charge on any atom is -0.465 e. The van der Waals surface area contributed by atoms with Crippen molar-refractivity contribution in [3.8, 4) is 0 Å². The van der Waals surface area contributed by atoms with E-state index in [0.717, 1.165) is 16.9 Å². The standard InChI is InChI=1S/C19H21N3O2/c1-14(2)22-17-8-4-3-7-16(17)21-18(22)11-12-20-19(23)10-9-15-6-5-13-24-15/h3-10,13-14H,11-12H2,1-2H3,(H,20,23)/b10-9+. The molecule has 0 aliphatic rings. The molecular weight excluding hydrogens is 302 g/mol. The SMILES string of the molecule is CC(C)n1c(CCNC(=O)/C=C/c2ccco2)nc2ccccc21. The van der Waals surface area contributed by atoms with Crippen molar-refractivity contribution < 1.29 is 9.21 Å². The van der Waals surface area contributed by atoms with Crippen LogP contribution in [0.15, 0.2) is 53.2 Å². The molecule has 1 amide bonds. The van der Waals surface area contributed by atoms with Crippen LogP contribution in [0.4, 0.5) is 0 Å². The lowest BCUT2D eigenvalue weighted by Gasteiger charge is -2.13. The molecule has 2 aromatic heterocycles. The number of hydrogen-bond donors (Lipinski definition) is 1. The van der Waals surface area contributed by atoms with Gasteiger partial charge in [-0.2, -0.15) is 0 Å². The number of amides is 1. The van der Waals surface area contributed by atoms with Crippen molar-refractivity contribution >= 4 is 23.0 Å². The van der Waals surface area contributed by atoms with E-state index >= 15 is 0 Å². The van der Waals surface area contributed by atoms with Crippen LogP contribution >= 0.6 is 0 Å². The van der Waals surface area contributed by atoms with E-state index in [1.165, 1.54) is 6.08 Å². The van der Waals surface area contributed by atoms with Crippen molar-refractivity contribution in [3.63, 3.8) is 0 Å². The van der Waals surface area contributed by atoms with Crippen LogP contribution in [0.5, 0.6) is 0 Å². The summed E-state index contributed by atoms with van der Waals surface area (Å²) in [5.41, 5.74) is 2.12. The fraction of sp³-hybridized carbons (Fsp3) is 0.263. The van der Waals surface area contributed by atoms with Gasteiger partial charge in [-0.05, 0) is 44.2 Å². The number of aromatic nitrogens is 2. The first kappa shape index (κ1) is 16.1. The predicted molar refractivity (Wildman–Crippen MR) is 94.6 cm³/mol. The van der Waals surface area contributed by atoms with Gasteiger partial charge in [-0.25, -0.2) is 4.98 Å². The Bertz CT molecular complexity index is 845. The Morgan fingerprint density at radius 1 is 1.29 bits per heavy atom. The summed E-state index contributed by atoms with van der Waals surface area (Å²) in [4.78, 5) is 16.5. The van der Waals surface area contributed by atoms with Gasteiger partial charge in [0.25, 0.3) is 0 Å². The minimum atomic E-state index is -0.140. The molecule has 0 saturated heterocycles. The van der Waals surface area contributed by atoms with E-state index in [1.807, 2.05) is 18.2 Å². The summed E-state index contributed by atoms with van der Waals surface area (Å²) >= 11 is 0. The Hall–Kier alpha value is -2.82. The van der Waals surface area contributed by atoms with Crippen LogP contribution in [-0.2, 0) is 11.2 Å². The van der Waals surface area contributed by atoms with Crippen LogP contribution in [0.1, 0.15) is 31.5 Å². The summed E-state index contributed by atoms with van der Waals surface area (Å²) in [5, 5.41) is 2.88. The van der Waals surface area contributed by atoms with Gasteiger partial charge >= 0.3 is 0 Å². The molecule has 24 heavy (non-hydrogen) atoms. The molecule has 124 valence electrons. The average Bonchev–Trinajstić information content (AvgIpc) is 3.20. The molecular formula is C19H21N3O2. The number of nitrogens with one attached hydrogen (secondary N) is 1. The zero-order chi connectivity index (χ0) is 16.9. The van der Waals surface area contributed by atoms with Gasteiger partial charge < -0.3 is 14.3 Å². The molecule has 3 aromatic rings.